The summed E-state index contributed by atoms with van der Waals surface area (Å²) in [6.07, 6.45) is 5.27. The summed E-state index contributed by atoms with van der Waals surface area (Å²) >= 11 is 0. The number of ether oxygens (including phenoxy) is 1. The largest absolute Gasteiger partial charge is 0.497 e. The lowest BCUT2D eigenvalue weighted by Gasteiger charge is -2.34. The van der Waals surface area contributed by atoms with Crippen LogP contribution in [0.2, 0.25) is 0 Å². The minimum absolute atomic E-state index is 0.180. The molecule has 0 spiro atoms. The van der Waals surface area contributed by atoms with Gasteiger partial charge in [-0.2, -0.15) is 0 Å². The van der Waals surface area contributed by atoms with Crippen molar-refractivity contribution in [2.45, 2.75) is 52.0 Å². The topological polar surface area (TPSA) is 49.9 Å². The molecule has 0 aromatic heterocycles. The van der Waals surface area contributed by atoms with E-state index >= 15 is 0 Å². The van der Waals surface area contributed by atoms with Crippen LogP contribution in [0.1, 0.15) is 46.0 Å². The second-order valence-corrected chi connectivity index (χ2v) is 8.83. The van der Waals surface area contributed by atoms with E-state index in [9.17, 15) is 8.42 Å². The molecule has 6 heteroatoms. The average Bonchev–Trinajstić information content (AvgIpc) is 2.60. The number of sulfonamides is 1. The maximum Gasteiger partial charge on any atom is 0.235 e. The first-order chi connectivity index (χ1) is 12.0. The maximum absolute atomic E-state index is 12.7. The number of piperidine rings is 1. The first kappa shape index (κ1) is 20.0. The van der Waals surface area contributed by atoms with Crippen molar-refractivity contribution in [3.05, 3.63) is 24.3 Å². The van der Waals surface area contributed by atoms with Gasteiger partial charge in [0.1, 0.15) is 5.75 Å². The van der Waals surface area contributed by atoms with Gasteiger partial charge in [-0.1, -0.05) is 13.3 Å². The molecule has 25 heavy (non-hydrogen) atoms. The Labute approximate surface area is 153 Å². The van der Waals surface area contributed by atoms with Gasteiger partial charge in [-0.25, -0.2) is 8.42 Å². The number of hydrogen-bond donors (Lipinski definition) is 0. The Morgan fingerprint density at radius 2 is 1.96 bits per heavy atom. The van der Waals surface area contributed by atoms with Crippen LogP contribution in [0.4, 0.5) is 5.69 Å². The minimum atomic E-state index is -3.29. The van der Waals surface area contributed by atoms with Gasteiger partial charge < -0.3 is 9.64 Å². The van der Waals surface area contributed by atoms with Crippen LogP contribution in [0.3, 0.4) is 0 Å². The van der Waals surface area contributed by atoms with Gasteiger partial charge in [-0.3, -0.25) is 4.31 Å². The number of likely N-dealkylation sites (tertiary alicyclic amines) is 1. The Hall–Kier alpha value is -1.27. The zero-order valence-electron chi connectivity index (χ0n) is 15.8. The number of nitrogens with zero attached hydrogens (tertiary/aromatic N) is 2. The molecular weight excluding hydrogens is 336 g/mol. The zero-order chi connectivity index (χ0) is 18.3. The highest BCUT2D eigenvalue weighted by atomic mass is 32.2. The summed E-state index contributed by atoms with van der Waals surface area (Å²) in [6.45, 7) is 6.78. The van der Waals surface area contributed by atoms with Gasteiger partial charge in [0.2, 0.25) is 10.0 Å². The smallest absolute Gasteiger partial charge is 0.235 e. The van der Waals surface area contributed by atoms with Crippen molar-refractivity contribution in [3.8, 4) is 5.75 Å². The summed E-state index contributed by atoms with van der Waals surface area (Å²) in [5.74, 6) is 0.915. The molecule has 0 amide bonds. The second kappa shape index (κ2) is 9.43. The molecule has 1 atom stereocenters. The molecule has 2 rings (SSSR count). The van der Waals surface area contributed by atoms with Gasteiger partial charge in [-0.15, -0.1) is 0 Å². The van der Waals surface area contributed by atoms with Gasteiger partial charge in [0, 0.05) is 19.1 Å². The summed E-state index contributed by atoms with van der Waals surface area (Å²) in [5.41, 5.74) is 0.723. The van der Waals surface area contributed by atoms with E-state index in [4.69, 9.17) is 4.74 Å². The molecule has 1 aliphatic heterocycles. The molecule has 1 unspecified atom stereocenters. The summed E-state index contributed by atoms with van der Waals surface area (Å²) in [5, 5.41) is 0. The first-order valence-corrected chi connectivity index (χ1v) is 11.0. The number of rotatable bonds is 9. The van der Waals surface area contributed by atoms with Gasteiger partial charge in [0.15, 0.2) is 0 Å². The SMILES string of the molecule is CCCS(=O)(=O)N(CCCN1CCCCC1C)c1ccc(OC)cc1. The molecule has 1 saturated heterocycles. The highest BCUT2D eigenvalue weighted by Gasteiger charge is 2.23. The monoisotopic (exact) mass is 368 g/mol. The fourth-order valence-corrected chi connectivity index (χ4v) is 5.04. The molecule has 0 bridgehead atoms. The van der Waals surface area contributed by atoms with Crippen molar-refractivity contribution >= 4 is 15.7 Å². The molecule has 1 fully saturated rings. The summed E-state index contributed by atoms with van der Waals surface area (Å²) in [4.78, 5) is 2.49. The van der Waals surface area contributed by atoms with E-state index in [-0.39, 0.29) is 5.75 Å². The molecule has 142 valence electrons. The van der Waals surface area contributed by atoms with E-state index in [2.05, 4.69) is 11.8 Å². The zero-order valence-corrected chi connectivity index (χ0v) is 16.6. The van der Waals surface area contributed by atoms with E-state index in [1.54, 1.807) is 11.4 Å². The number of benzene rings is 1. The Balaban J connectivity index is 2.06. The third kappa shape index (κ3) is 5.61. The fraction of sp³-hybridized carbons (Fsp3) is 0.684. The predicted molar refractivity (Wildman–Crippen MR) is 104 cm³/mol. The standard InChI is InChI=1S/C19H32N2O3S/c1-4-16-25(22,23)21(18-9-11-19(24-3)12-10-18)15-7-14-20-13-6-5-8-17(20)2/h9-12,17H,4-8,13-16H2,1-3H3. The van der Waals surface area contributed by atoms with Crippen LogP contribution < -0.4 is 9.04 Å². The van der Waals surface area contributed by atoms with Crippen molar-refractivity contribution in [2.24, 2.45) is 0 Å². The summed E-state index contributed by atoms with van der Waals surface area (Å²) in [7, 11) is -1.68. The van der Waals surface area contributed by atoms with Gasteiger partial charge in [0.05, 0.1) is 18.6 Å². The highest BCUT2D eigenvalue weighted by molar-refractivity contribution is 7.92. The number of methoxy groups -OCH3 is 1. The van der Waals surface area contributed by atoms with Gasteiger partial charge in [-0.05, 0) is 63.4 Å². The van der Waals surface area contributed by atoms with Crippen molar-refractivity contribution < 1.29 is 13.2 Å². The number of anilines is 1. The van der Waals surface area contributed by atoms with E-state index in [0.29, 0.717) is 19.0 Å². The predicted octanol–water partition coefficient (Wildman–Crippen LogP) is 3.51. The van der Waals surface area contributed by atoms with E-state index < -0.39 is 10.0 Å². The molecule has 1 heterocycles. The van der Waals surface area contributed by atoms with Crippen LogP contribution in [0, 0.1) is 0 Å². The molecule has 1 aromatic carbocycles. The Morgan fingerprint density at radius 1 is 1.24 bits per heavy atom. The lowest BCUT2D eigenvalue weighted by molar-refractivity contribution is 0.160. The molecule has 1 aliphatic rings. The van der Waals surface area contributed by atoms with E-state index in [1.165, 1.54) is 19.3 Å². The Morgan fingerprint density at radius 3 is 2.56 bits per heavy atom. The van der Waals surface area contributed by atoms with Crippen LogP contribution in [-0.4, -0.2) is 51.9 Å². The van der Waals surface area contributed by atoms with Crippen molar-refractivity contribution in [1.82, 2.24) is 4.90 Å². The molecule has 0 N–H and O–H groups in total. The summed E-state index contributed by atoms with van der Waals surface area (Å²) < 4.78 is 32.2. The van der Waals surface area contributed by atoms with Gasteiger partial charge >= 0.3 is 0 Å². The third-order valence-corrected chi connectivity index (χ3v) is 6.89. The van der Waals surface area contributed by atoms with E-state index in [0.717, 1.165) is 30.9 Å². The van der Waals surface area contributed by atoms with Crippen molar-refractivity contribution in [3.63, 3.8) is 0 Å². The van der Waals surface area contributed by atoms with Crippen LogP contribution in [0.25, 0.3) is 0 Å². The average molecular weight is 369 g/mol. The minimum Gasteiger partial charge on any atom is -0.497 e. The fourth-order valence-electron chi connectivity index (χ4n) is 3.45. The van der Waals surface area contributed by atoms with Gasteiger partial charge in [0.25, 0.3) is 0 Å². The molecule has 5 nitrogen and oxygen atoms in total. The van der Waals surface area contributed by atoms with Crippen molar-refractivity contribution in [2.75, 3.05) is 36.8 Å². The lowest BCUT2D eigenvalue weighted by Crippen LogP contribution is -2.40. The normalized spacial score (nSPS) is 18.9. The maximum atomic E-state index is 12.7. The molecule has 0 saturated carbocycles. The van der Waals surface area contributed by atoms with Crippen LogP contribution in [-0.2, 0) is 10.0 Å². The summed E-state index contributed by atoms with van der Waals surface area (Å²) in [6, 6.07) is 7.90. The quantitative estimate of drug-likeness (QED) is 0.669. The highest BCUT2D eigenvalue weighted by Crippen LogP contribution is 2.23. The van der Waals surface area contributed by atoms with Crippen LogP contribution in [0.15, 0.2) is 24.3 Å². The number of hydrogen-bond acceptors (Lipinski definition) is 4. The molecule has 0 radical (unpaired) electrons. The lowest BCUT2D eigenvalue weighted by atomic mass is 10.0. The molecule has 0 aliphatic carbocycles. The Bertz CT molecular complexity index is 616. The first-order valence-electron chi connectivity index (χ1n) is 9.36. The van der Waals surface area contributed by atoms with Crippen LogP contribution >= 0.6 is 0 Å². The Kier molecular flexibility index (Phi) is 7.56. The third-order valence-electron chi connectivity index (χ3n) is 4.91. The second-order valence-electron chi connectivity index (χ2n) is 6.82. The van der Waals surface area contributed by atoms with Crippen molar-refractivity contribution in [1.29, 1.82) is 0 Å². The molecular formula is C19H32N2O3S. The molecule has 1 aromatic rings. The van der Waals surface area contributed by atoms with Crippen LogP contribution in [0.5, 0.6) is 5.75 Å². The van der Waals surface area contributed by atoms with E-state index in [1.807, 2.05) is 31.2 Å².